The van der Waals surface area contributed by atoms with E-state index in [1.165, 1.54) is 0 Å². The normalized spacial score (nSPS) is 28.7. The highest BCUT2D eigenvalue weighted by Gasteiger charge is 2.47. The number of imide groups is 1. The van der Waals surface area contributed by atoms with Gasteiger partial charge in [-0.2, -0.15) is 0 Å². The predicted molar refractivity (Wildman–Crippen MR) is 74.5 cm³/mol. The van der Waals surface area contributed by atoms with Gasteiger partial charge in [-0.05, 0) is 38.0 Å². The van der Waals surface area contributed by atoms with Crippen LogP contribution >= 0.6 is 0 Å². The first-order valence-corrected chi connectivity index (χ1v) is 6.98. The van der Waals surface area contributed by atoms with Crippen molar-refractivity contribution in [1.82, 2.24) is 5.32 Å². The molecule has 1 aliphatic rings. The van der Waals surface area contributed by atoms with Crippen LogP contribution in [0.3, 0.4) is 0 Å². The summed E-state index contributed by atoms with van der Waals surface area (Å²) < 4.78 is 5.49. The molecule has 2 atom stereocenters. The van der Waals surface area contributed by atoms with E-state index < -0.39 is 0 Å². The molecule has 2 unspecified atom stereocenters. The second-order valence-corrected chi connectivity index (χ2v) is 7.07. The van der Waals surface area contributed by atoms with Crippen molar-refractivity contribution >= 4 is 11.8 Å². The number of piperidine rings is 1. The van der Waals surface area contributed by atoms with E-state index in [0.717, 1.165) is 6.42 Å². The Morgan fingerprint density at radius 1 is 1.42 bits per heavy atom. The minimum Gasteiger partial charge on any atom is -0.379 e. The van der Waals surface area contributed by atoms with Gasteiger partial charge in [-0.1, -0.05) is 20.8 Å². The van der Waals surface area contributed by atoms with E-state index in [0.29, 0.717) is 18.8 Å². The molecular weight excluding hydrogens is 242 g/mol. The van der Waals surface area contributed by atoms with E-state index in [1.807, 2.05) is 20.8 Å². The van der Waals surface area contributed by atoms with Crippen molar-refractivity contribution in [2.45, 2.75) is 59.5 Å². The molecule has 110 valence electrons. The lowest BCUT2D eigenvalue weighted by Crippen LogP contribution is -2.53. The molecule has 1 rings (SSSR count). The quantitative estimate of drug-likeness (QED) is 0.780. The molecule has 1 heterocycles. The third-order valence-corrected chi connectivity index (χ3v) is 4.07. The Morgan fingerprint density at radius 2 is 2.00 bits per heavy atom. The van der Waals surface area contributed by atoms with Crippen LogP contribution < -0.4 is 5.32 Å². The van der Waals surface area contributed by atoms with E-state index >= 15 is 0 Å². The number of methoxy groups -OCH3 is 1. The van der Waals surface area contributed by atoms with Crippen LogP contribution in [-0.2, 0) is 14.3 Å². The summed E-state index contributed by atoms with van der Waals surface area (Å²) in [5.74, 6) is 0.00678. The van der Waals surface area contributed by atoms with Gasteiger partial charge >= 0.3 is 0 Å². The Labute approximate surface area is 116 Å². The van der Waals surface area contributed by atoms with Gasteiger partial charge in [0.05, 0.1) is 5.60 Å². The van der Waals surface area contributed by atoms with E-state index in [2.05, 4.69) is 19.2 Å². The van der Waals surface area contributed by atoms with Crippen LogP contribution in [0.2, 0.25) is 0 Å². The fourth-order valence-corrected chi connectivity index (χ4v) is 3.17. The molecule has 0 saturated carbocycles. The van der Waals surface area contributed by atoms with Crippen LogP contribution in [0.25, 0.3) is 0 Å². The van der Waals surface area contributed by atoms with Crippen LogP contribution in [0.5, 0.6) is 0 Å². The molecule has 0 aromatic carbocycles. The van der Waals surface area contributed by atoms with Gasteiger partial charge in [0.2, 0.25) is 11.8 Å². The molecule has 2 amide bonds. The first-order chi connectivity index (χ1) is 8.59. The maximum absolute atomic E-state index is 12.2. The molecule has 0 aromatic heterocycles. The van der Waals surface area contributed by atoms with Crippen molar-refractivity contribution in [3.05, 3.63) is 0 Å². The van der Waals surface area contributed by atoms with Crippen LogP contribution in [0.15, 0.2) is 0 Å². The minimum absolute atomic E-state index is 0.125. The lowest BCUT2D eigenvalue weighted by Gasteiger charge is -2.44. The molecule has 19 heavy (non-hydrogen) atoms. The first-order valence-electron chi connectivity index (χ1n) is 6.98. The van der Waals surface area contributed by atoms with Gasteiger partial charge in [0.15, 0.2) is 0 Å². The van der Waals surface area contributed by atoms with Crippen LogP contribution in [-0.4, -0.2) is 24.5 Å². The zero-order valence-corrected chi connectivity index (χ0v) is 13.0. The second kappa shape index (κ2) is 5.61. The average Bonchev–Trinajstić information content (AvgIpc) is 2.22. The molecule has 4 nitrogen and oxygen atoms in total. The van der Waals surface area contributed by atoms with Gasteiger partial charge in [-0.15, -0.1) is 0 Å². The largest absolute Gasteiger partial charge is 0.379 e. The number of hydrogen-bond donors (Lipinski definition) is 1. The van der Waals surface area contributed by atoms with Crippen molar-refractivity contribution in [2.24, 2.45) is 17.3 Å². The summed E-state index contributed by atoms with van der Waals surface area (Å²) in [6, 6.07) is 0. The molecule has 0 bridgehead atoms. The maximum Gasteiger partial charge on any atom is 0.230 e. The Hall–Kier alpha value is -0.900. The van der Waals surface area contributed by atoms with Crippen molar-refractivity contribution in [3.8, 4) is 0 Å². The van der Waals surface area contributed by atoms with Crippen molar-refractivity contribution < 1.29 is 14.3 Å². The van der Waals surface area contributed by atoms with E-state index in [4.69, 9.17) is 4.74 Å². The number of rotatable bonds is 5. The highest BCUT2D eigenvalue weighted by Crippen LogP contribution is 2.44. The molecule has 1 N–H and O–H groups in total. The third kappa shape index (κ3) is 4.03. The monoisotopic (exact) mass is 269 g/mol. The highest BCUT2D eigenvalue weighted by molar-refractivity contribution is 5.99. The standard InChI is InChI=1S/C15H27NO3/c1-10(2)7-11-13(18)16-12(17)8-15(11,5)9-14(3,4)19-6/h10-11H,7-9H2,1-6H3,(H,16,17,18). The summed E-state index contributed by atoms with van der Waals surface area (Å²) in [5, 5.41) is 2.48. The van der Waals surface area contributed by atoms with Gasteiger partial charge < -0.3 is 4.74 Å². The van der Waals surface area contributed by atoms with Gasteiger partial charge in [-0.25, -0.2) is 0 Å². The number of hydrogen-bond acceptors (Lipinski definition) is 3. The van der Waals surface area contributed by atoms with Gasteiger partial charge in [-0.3, -0.25) is 14.9 Å². The zero-order chi connectivity index (χ0) is 14.8. The summed E-state index contributed by atoms with van der Waals surface area (Å²) in [5.41, 5.74) is -0.662. The van der Waals surface area contributed by atoms with Gasteiger partial charge in [0, 0.05) is 19.4 Å². The minimum atomic E-state index is -0.331. The lowest BCUT2D eigenvalue weighted by molar-refractivity contribution is -0.147. The second-order valence-electron chi connectivity index (χ2n) is 7.07. The Bertz CT molecular complexity index is 362. The van der Waals surface area contributed by atoms with Crippen molar-refractivity contribution in [1.29, 1.82) is 0 Å². The fourth-order valence-electron chi connectivity index (χ4n) is 3.17. The van der Waals surface area contributed by atoms with Gasteiger partial charge in [0.1, 0.15) is 0 Å². The SMILES string of the molecule is COC(C)(C)CC1(C)CC(=O)NC(=O)C1CC(C)C. The number of carbonyl (C=O) groups excluding carboxylic acids is 2. The average molecular weight is 269 g/mol. The van der Waals surface area contributed by atoms with Crippen molar-refractivity contribution in [2.75, 3.05) is 7.11 Å². The molecule has 0 spiro atoms. The van der Waals surface area contributed by atoms with E-state index in [1.54, 1.807) is 7.11 Å². The predicted octanol–water partition coefficient (Wildman–Crippen LogP) is 2.52. The maximum atomic E-state index is 12.2. The molecule has 4 heteroatoms. The Kier molecular flexibility index (Phi) is 4.77. The molecule has 1 fully saturated rings. The number of amides is 2. The number of ether oxygens (including phenoxy) is 1. The smallest absolute Gasteiger partial charge is 0.230 e. The molecule has 0 aromatic rings. The number of carbonyl (C=O) groups is 2. The highest BCUT2D eigenvalue weighted by atomic mass is 16.5. The van der Waals surface area contributed by atoms with Crippen LogP contribution in [0, 0.1) is 17.3 Å². The van der Waals surface area contributed by atoms with Crippen molar-refractivity contribution in [3.63, 3.8) is 0 Å². The molecule has 1 aliphatic heterocycles. The molecule has 1 saturated heterocycles. The molecule has 0 radical (unpaired) electrons. The van der Waals surface area contributed by atoms with E-state index in [9.17, 15) is 9.59 Å². The molecule has 0 aliphatic carbocycles. The Balaban J connectivity index is 3.01. The van der Waals surface area contributed by atoms with Crippen LogP contribution in [0.1, 0.15) is 53.9 Å². The third-order valence-electron chi connectivity index (χ3n) is 4.07. The fraction of sp³-hybridized carbons (Fsp3) is 0.867. The van der Waals surface area contributed by atoms with E-state index in [-0.39, 0.29) is 28.7 Å². The summed E-state index contributed by atoms with van der Waals surface area (Å²) in [4.78, 5) is 23.9. The summed E-state index contributed by atoms with van der Waals surface area (Å²) >= 11 is 0. The first kappa shape index (κ1) is 16.2. The van der Waals surface area contributed by atoms with Crippen LogP contribution in [0.4, 0.5) is 0 Å². The zero-order valence-electron chi connectivity index (χ0n) is 13.0. The summed E-state index contributed by atoms with van der Waals surface area (Å²) in [6.45, 7) is 10.2. The number of nitrogens with one attached hydrogen (secondary N) is 1. The molecular formula is C15H27NO3. The van der Waals surface area contributed by atoms with Gasteiger partial charge in [0.25, 0.3) is 0 Å². The lowest BCUT2D eigenvalue weighted by atomic mass is 9.64. The Morgan fingerprint density at radius 3 is 2.47 bits per heavy atom. The summed E-state index contributed by atoms with van der Waals surface area (Å²) in [6.07, 6.45) is 1.89. The summed E-state index contributed by atoms with van der Waals surface area (Å²) in [7, 11) is 1.67. The topological polar surface area (TPSA) is 55.4 Å².